The Kier molecular flexibility index (Phi) is 5.63. The zero-order valence-corrected chi connectivity index (χ0v) is 12.7. The van der Waals surface area contributed by atoms with E-state index < -0.39 is 17.6 Å². The number of rotatable bonds is 5. The van der Waals surface area contributed by atoms with Crippen LogP contribution in [-0.4, -0.2) is 31.4 Å². The van der Waals surface area contributed by atoms with E-state index in [-0.39, 0.29) is 11.3 Å². The first-order valence-electron chi connectivity index (χ1n) is 6.81. The van der Waals surface area contributed by atoms with E-state index in [0.29, 0.717) is 12.5 Å². The minimum atomic E-state index is -4.49. The number of nitrogens with zero attached hydrogens (tertiary/aromatic N) is 1. The van der Waals surface area contributed by atoms with Gasteiger partial charge in [0.05, 0.1) is 5.56 Å². The van der Waals surface area contributed by atoms with Crippen molar-refractivity contribution in [3.8, 4) is 0 Å². The summed E-state index contributed by atoms with van der Waals surface area (Å²) in [5, 5.41) is 2.49. The van der Waals surface area contributed by atoms with E-state index in [1.165, 1.54) is 24.1 Å². The van der Waals surface area contributed by atoms with Gasteiger partial charge in [-0.3, -0.25) is 4.79 Å². The van der Waals surface area contributed by atoms with Crippen LogP contribution in [0.1, 0.15) is 36.2 Å². The van der Waals surface area contributed by atoms with Crippen LogP contribution in [0.3, 0.4) is 0 Å². The van der Waals surface area contributed by atoms with Crippen LogP contribution in [-0.2, 0) is 6.18 Å². The van der Waals surface area contributed by atoms with Gasteiger partial charge in [-0.2, -0.15) is 13.2 Å². The number of benzene rings is 1. The molecule has 0 atom stereocenters. The van der Waals surface area contributed by atoms with Crippen molar-refractivity contribution in [1.82, 2.24) is 4.90 Å². The molecule has 0 aliphatic heterocycles. The average Bonchev–Trinajstić information content (AvgIpc) is 2.42. The van der Waals surface area contributed by atoms with E-state index in [9.17, 15) is 18.0 Å². The number of amides is 1. The molecule has 0 bridgehead atoms. The summed E-state index contributed by atoms with van der Waals surface area (Å²) in [6, 6.07) is 3.60. The van der Waals surface area contributed by atoms with E-state index >= 15 is 0 Å². The third kappa shape index (κ3) is 4.65. The lowest BCUT2D eigenvalue weighted by atomic mass is 10.1. The molecule has 1 aromatic carbocycles. The maximum Gasteiger partial charge on any atom is 0.418 e. The Balaban J connectivity index is 3.01. The minimum Gasteiger partial charge on any atom is -0.388 e. The normalized spacial score (nSPS) is 11.6. The molecule has 0 heterocycles. The Labute approximate surface area is 123 Å². The highest BCUT2D eigenvalue weighted by atomic mass is 19.4. The van der Waals surface area contributed by atoms with Crippen LogP contribution >= 0.6 is 0 Å². The highest BCUT2D eigenvalue weighted by Crippen LogP contribution is 2.35. The Hall–Kier alpha value is -1.72. The van der Waals surface area contributed by atoms with Crippen molar-refractivity contribution >= 4 is 11.6 Å². The van der Waals surface area contributed by atoms with E-state index in [1.807, 2.05) is 13.8 Å². The highest BCUT2D eigenvalue weighted by molar-refractivity contribution is 5.94. The molecule has 0 aliphatic carbocycles. The van der Waals surface area contributed by atoms with Gasteiger partial charge in [-0.15, -0.1) is 0 Å². The number of halogens is 3. The second-order valence-electron chi connectivity index (χ2n) is 5.42. The number of hydrogen-bond donors (Lipinski definition) is 1. The van der Waals surface area contributed by atoms with Gasteiger partial charge in [-0.25, -0.2) is 0 Å². The van der Waals surface area contributed by atoms with E-state index in [4.69, 9.17) is 0 Å². The fraction of sp³-hybridized carbons (Fsp3) is 0.533. The molecule has 1 amide bonds. The molecule has 0 saturated carbocycles. The van der Waals surface area contributed by atoms with Crippen molar-refractivity contribution in [1.29, 1.82) is 0 Å². The monoisotopic (exact) mass is 302 g/mol. The summed E-state index contributed by atoms with van der Waals surface area (Å²) in [5.74, 6) is 0.0291. The first-order chi connectivity index (χ1) is 9.66. The summed E-state index contributed by atoms with van der Waals surface area (Å²) in [4.78, 5) is 13.6. The Bertz CT molecular complexity index is 498. The quantitative estimate of drug-likeness (QED) is 0.895. The van der Waals surface area contributed by atoms with Gasteiger partial charge in [-0.05, 0) is 30.5 Å². The summed E-state index contributed by atoms with van der Waals surface area (Å²) in [5.41, 5.74) is -0.815. The van der Waals surface area contributed by atoms with Crippen LogP contribution in [0.25, 0.3) is 0 Å². The van der Waals surface area contributed by atoms with Crippen molar-refractivity contribution < 1.29 is 18.0 Å². The Morgan fingerprint density at radius 3 is 2.43 bits per heavy atom. The van der Waals surface area contributed by atoms with E-state index in [1.54, 1.807) is 7.05 Å². The van der Waals surface area contributed by atoms with E-state index in [2.05, 4.69) is 5.32 Å². The minimum absolute atomic E-state index is 0.0381. The Morgan fingerprint density at radius 2 is 1.95 bits per heavy atom. The van der Waals surface area contributed by atoms with Gasteiger partial charge in [0, 0.05) is 31.9 Å². The molecule has 0 fully saturated rings. The highest BCUT2D eigenvalue weighted by Gasteiger charge is 2.34. The molecular formula is C15H21F3N2O. The second kappa shape index (κ2) is 6.83. The summed E-state index contributed by atoms with van der Waals surface area (Å²) < 4.78 is 38.9. The number of carbonyl (C=O) groups is 1. The molecule has 6 heteroatoms. The molecule has 0 spiro atoms. The van der Waals surface area contributed by atoms with Gasteiger partial charge in [0.25, 0.3) is 5.91 Å². The van der Waals surface area contributed by atoms with Gasteiger partial charge in [0.2, 0.25) is 0 Å². The maximum absolute atomic E-state index is 13.0. The van der Waals surface area contributed by atoms with Crippen LogP contribution in [0, 0.1) is 5.92 Å². The van der Waals surface area contributed by atoms with Crippen LogP contribution in [0.15, 0.2) is 18.2 Å². The van der Waals surface area contributed by atoms with E-state index in [0.717, 1.165) is 12.5 Å². The van der Waals surface area contributed by atoms with Crippen molar-refractivity contribution in [3.05, 3.63) is 29.3 Å². The molecular weight excluding hydrogens is 281 g/mol. The molecule has 118 valence electrons. The SMILES string of the molecule is CNc1ccc(C(=O)N(C)CCC(C)C)cc1C(F)(F)F. The average molecular weight is 302 g/mol. The summed E-state index contributed by atoms with van der Waals surface area (Å²) in [6.45, 7) is 4.58. The smallest absolute Gasteiger partial charge is 0.388 e. The standard InChI is InChI=1S/C15H21F3N2O/c1-10(2)7-8-20(4)14(21)11-5-6-13(19-3)12(9-11)15(16,17)18/h5-6,9-10,19H,7-8H2,1-4H3. The molecule has 1 N–H and O–H groups in total. The van der Waals surface area contributed by atoms with Crippen molar-refractivity contribution in [2.45, 2.75) is 26.4 Å². The zero-order chi connectivity index (χ0) is 16.2. The predicted molar refractivity (Wildman–Crippen MR) is 77.4 cm³/mol. The lowest BCUT2D eigenvalue weighted by Gasteiger charge is -2.20. The van der Waals surface area contributed by atoms with Gasteiger partial charge >= 0.3 is 6.18 Å². The van der Waals surface area contributed by atoms with Crippen molar-refractivity contribution in [3.63, 3.8) is 0 Å². The molecule has 0 unspecified atom stereocenters. The van der Waals surface area contributed by atoms with Gasteiger partial charge in [0.15, 0.2) is 0 Å². The fourth-order valence-corrected chi connectivity index (χ4v) is 1.90. The third-order valence-corrected chi connectivity index (χ3v) is 3.23. The number of hydrogen-bond acceptors (Lipinski definition) is 2. The predicted octanol–water partition coefficient (Wildman–Crippen LogP) is 3.87. The second-order valence-corrected chi connectivity index (χ2v) is 5.42. The summed E-state index contributed by atoms with van der Waals surface area (Å²) in [6.07, 6.45) is -3.69. The molecule has 1 rings (SSSR count). The number of carbonyl (C=O) groups excluding carboxylic acids is 1. The number of nitrogens with one attached hydrogen (secondary N) is 1. The van der Waals surface area contributed by atoms with Crippen LogP contribution in [0.4, 0.5) is 18.9 Å². The lowest BCUT2D eigenvalue weighted by molar-refractivity contribution is -0.136. The van der Waals surface area contributed by atoms with Crippen LogP contribution in [0.2, 0.25) is 0 Å². The molecule has 0 radical (unpaired) electrons. The topological polar surface area (TPSA) is 32.3 Å². The van der Waals surface area contributed by atoms with Crippen molar-refractivity contribution in [2.75, 3.05) is 26.0 Å². The lowest BCUT2D eigenvalue weighted by Crippen LogP contribution is -2.28. The number of anilines is 1. The zero-order valence-electron chi connectivity index (χ0n) is 12.7. The summed E-state index contributed by atoms with van der Waals surface area (Å²) >= 11 is 0. The maximum atomic E-state index is 13.0. The molecule has 0 saturated heterocycles. The molecule has 1 aromatic rings. The molecule has 0 aliphatic rings. The van der Waals surface area contributed by atoms with Gasteiger partial charge in [0.1, 0.15) is 0 Å². The molecule has 21 heavy (non-hydrogen) atoms. The largest absolute Gasteiger partial charge is 0.418 e. The van der Waals surface area contributed by atoms with Crippen molar-refractivity contribution in [2.24, 2.45) is 5.92 Å². The third-order valence-electron chi connectivity index (χ3n) is 3.23. The Morgan fingerprint density at radius 1 is 1.33 bits per heavy atom. The van der Waals surface area contributed by atoms with Gasteiger partial charge < -0.3 is 10.2 Å². The van der Waals surface area contributed by atoms with Gasteiger partial charge in [-0.1, -0.05) is 13.8 Å². The summed E-state index contributed by atoms with van der Waals surface area (Å²) in [7, 11) is 3.02. The van der Waals surface area contributed by atoms with Crippen LogP contribution < -0.4 is 5.32 Å². The van der Waals surface area contributed by atoms with Crippen LogP contribution in [0.5, 0.6) is 0 Å². The first kappa shape index (κ1) is 17.3. The molecule has 0 aromatic heterocycles. The number of alkyl halides is 3. The first-order valence-corrected chi connectivity index (χ1v) is 6.81. The fourth-order valence-electron chi connectivity index (χ4n) is 1.90. The molecule has 3 nitrogen and oxygen atoms in total.